The SMILES string of the molecule is CN(C)c1ccc(NC(=O)COC(=O)c2ccc(NC(N)=O)cc2)cc1. The summed E-state index contributed by atoms with van der Waals surface area (Å²) in [6.07, 6.45) is 0. The fourth-order valence-corrected chi connectivity index (χ4v) is 2.09. The van der Waals surface area contributed by atoms with Crippen molar-refractivity contribution >= 4 is 35.0 Å². The van der Waals surface area contributed by atoms with E-state index in [-0.39, 0.29) is 5.56 Å². The first-order chi connectivity index (χ1) is 12.3. The number of benzene rings is 2. The fourth-order valence-electron chi connectivity index (χ4n) is 2.09. The number of urea groups is 1. The Hall–Kier alpha value is -3.55. The van der Waals surface area contributed by atoms with Crippen molar-refractivity contribution < 1.29 is 19.1 Å². The predicted octanol–water partition coefficient (Wildman–Crippen LogP) is 2.04. The molecule has 2 rings (SSSR count). The van der Waals surface area contributed by atoms with Gasteiger partial charge in [-0.25, -0.2) is 9.59 Å². The van der Waals surface area contributed by atoms with Gasteiger partial charge in [-0.1, -0.05) is 0 Å². The van der Waals surface area contributed by atoms with Gasteiger partial charge in [0.05, 0.1) is 5.56 Å². The summed E-state index contributed by atoms with van der Waals surface area (Å²) in [5.41, 5.74) is 7.32. The van der Waals surface area contributed by atoms with Crippen LogP contribution in [0.2, 0.25) is 0 Å². The lowest BCUT2D eigenvalue weighted by Crippen LogP contribution is -2.21. The van der Waals surface area contributed by atoms with Crippen molar-refractivity contribution in [3.63, 3.8) is 0 Å². The van der Waals surface area contributed by atoms with Crippen LogP contribution in [0.25, 0.3) is 0 Å². The molecule has 26 heavy (non-hydrogen) atoms. The van der Waals surface area contributed by atoms with Crippen molar-refractivity contribution in [2.24, 2.45) is 5.73 Å². The van der Waals surface area contributed by atoms with Crippen molar-refractivity contribution in [3.05, 3.63) is 54.1 Å². The third kappa shape index (κ3) is 5.52. The van der Waals surface area contributed by atoms with Gasteiger partial charge in [0.1, 0.15) is 0 Å². The number of rotatable bonds is 6. The molecule has 0 saturated carbocycles. The first-order valence-corrected chi connectivity index (χ1v) is 7.76. The minimum Gasteiger partial charge on any atom is -0.452 e. The van der Waals surface area contributed by atoms with Crippen LogP contribution in [-0.2, 0) is 9.53 Å². The van der Waals surface area contributed by atoms with Gasteiger partial charge in [0.25, 0.3) is 5.91 Å². The first kappa shape index (κ1) is 18.8. The van der Waals surface area contributed by atoms with E-state index in [0.29, 0.717) is 11.4 Å². The maximum absolute atomic E-state index is 11.9. The Bertz CT molecular complexity index is 786. The number of nitrogens with one attached hydrogen (secondary N) is 2. The van der Waals surface area contributed by atoms with E-state index in [0.717, 1.165) is 5.69 Å². The number of esters is 1. The molecule has 0 fully saturated rings. The van der Waals surface area contributed by atoms with Gasteiger partial charge in [0.15, 0.2) is 6.61 Å². The van der Waals surface area contributed by atoms with Crippen molar-refractivity contribution in [2.45, 2.75) is 0 Å². The quantitative estimate of drug-likeness (QED) is 0.685. The average molecular weight is 356 g/mol. The lowest BCUT2D eigenvalue weighted by molar-refractivity contribution is -0.119. The Kier molecular flexibility index (Phi) is 6.15. The molecule has 0 aliphatic heterocycles. The highest BCUT2D eigenvalue weighted by Crippen LogP contribution is 2.15. The minimum absolute atomic E-state index is 0.253. The van der Waals surface area contributed by atoms with E-state index in [1.807, 2.05) is 31.1 Å². The summed E-state index contributed by atoms with van der Waals surface area (Å²) in [7, 11) is 3.84. The first-order valence-electron chi connectivity index (χ1n) is 7.76. The molecule has 0 spiro atoms. The maximum atomic E-state index is 11.9. The number of carbonyl (C=O) groups excluding carboxylic acids is 3. The number of amides is 3. The number of anilines is 3. The fraction of sp³-hybridized carbons (Fsp3) is 0.167. The molecule has 0 aliphatic rings. The summed E-state index contributed by atoms with van der Waals surface area (Å²) >= 11 is 0. The van der Waals surface area contributed by atoms with E-state index in [4.69, 9.17) is 10.5 Å². The van der Waals surface area contributed by atoms with Gasteiger partial charge in [0.2, 0.25) is 0 Å². The standard InChI is InChI=1S/C18H20N4O4/c1-22(2)15-9-7-13(8-10-15)20-16(23)11-26-17(24)12-3-5-14(6-4-12)21-18(19)25/h3-10H,11H2,1-2H3,(H,20,23)(H3,19,21,25). The normalized spacial score (nSPS) is 9.92. The molecule has 8 heteroatoms. The summed E-state index contributed by atoms with van der Waals surface area (Å²) in [6.45, 7) is -0.407. The van der Waals surface area contributed by atoms with Gasteiger partial charge in [-0.05, 0) is 48.5 Å². The second kappa shape index (κ2) is 8.52. The Morgan fingerprint density at radius 1 is 0.923 bits per heavy atom. The number of hydrogen-bond acceptors (Lipinski definition) is 5. The molecule has 3 amide bonds. The van der Waals surface area contributed by atoms with E-state index in [9.17, 15) is 14.4 Å². The molecule has 0 saturated heterocycles. The van der Waals surface area contributed by atoms with Gasteiger partial charge in [-0.15, -0.1) is 0 Å². The summed E-state index contributed by atoms with van der Waals surface area (Å²) in [5.74, 6) is -1.09. The molecule has 2 aromatic carbocycles. The topological polar surface area (TPSA) is 114 Å². The van der Waals surface area contributed by atoms with Gasteiger partial charge in [0, 0.05) is 31.2 Å². The van der Waals surface area contributed by atoms with Crippen LogP contribution in [0.4, 0.5) is 21.9 Å². The lowest BCUT2D eigenvalue weighted by Gasteiger charge is -2.13. The summed E-state index contributed by atoms with van der Waals surface area (Å²) in [4.78, 5) is 36.5. The van der Waals surface area contributed by atoms with E-state index in [1.54, 1.807) is 12.1 Å². The van der Waals surface area contributed by atoms with Crippen LogP contribution in [0.1, 0.15) is 10.4 Å². The molecule has 0 bridgehead atoms. The summed E-state index contributed by atoms with van der Waals surface area (Å²) in [5, 5.41) is 5.03. The number of hydrogen-bond donors (Lipinski definition) is 3. The van der Waals surface area contributed by atoms with Crippen LogP contribution in [0, 0.1) is 0 Å². The van der Waals surface area contributed by atoms with Crippen LogP contribution in [-0.4, -0.2) is 38.6 Å². The highest BCUT2D eigenvalue weighted by Gasteiger charge is 2.11. The minimum atomic E-state index is -0.699. The molecular weight excluding hydrogens is 336 g/mol. The zero-order chi connectivity index (χ0) is 19.1. The maximum Gasteiger partial charge on any atom is 0.338 e. The summed E-state index contributed by atoms with van der Waals surface area (Å²) in [6, 6.07) is 12.5. The number of nitrogens with two attached hydrogens (primary N) is 1. The number of primary amides is 1. The van der Waals surface area contributed by atoms with Crippen molar-refractivity contribution in [2.75, 3.05) is 36.2 Å². The molecule has 0 atom stereocenters. The average Bonchev–Trinajstić information content (AvgIpc) is 2.60. The van der Waals surface area contributed by atoms with Crippen LogP contribution >= 0.6 is 0 Å². The van der Waals surface area contributed by atoms with Crippen molar-refractivity contribution in [1.29, 1.82) is 0 Å². The molecule has 4 N–H and O–H groups in total. The largest absolute Gasteiger partial charge is 0.452 e. The zero-order valence-electron chi connectivity index (χ0n) is 14.5. The Morgan fingerprint density at radius 2 is 1.46 bits per heavy atom. The lowest BCUT2D eigenvalue weighted by atomic mass is 10.2. The molecule has 0 aliphatic carbocycles. The molecule has 0 radical (unpaired) electrons. The van der Waals surface area contributed by atoms with Crippen LogP contribution in [0.3, 0.4) is 0 Å². The molecule has 0 heterocycles. The predicted molar refractivity (Wildman–Crippen MR) is 99.3 cm³/mol. The highest BCUT2D eigenvalue weighted by atomic mass is 16.5. The molecule has 2 aromatic rings. The van der Waals surface area contributed by atoms with Gasteiger partial charge < -0.3 is 26.0 Å². The number of ether oxygens (including phenoxy) is 1. The Balaban J connectivity index is 1.84. The third-order valence-corrected chi connectivity index (χ3v) is 3.39. The van der Waals surface area contributed by atoms with Gasteiger partial charge in [-0.2, -0.15) is 0 Å². The highest BCUT2D eigenvalue weighted by molar-refractivity contribution is 5.96. The second-order valence-corrected chi connectivity index (χ2v) is 5.63. The third-order valence-electron chi connectivity index (χ3n) is 3.39. The van der Waals surface area contributed by atoms with Gasteiger partial charge in [-0.3, -0.25) is 4.79 Å². The second-order valence-electron chi connectivity index (χ2n) is 5.63. The molecule has 0 unspecified atom stereocenters. The number of nitrogens with zero attached hydrogens (tertiary/aromatic N) is 1. The zero-order valence-corrected chi connectivity index (χ0v) is 14.5. The Labute approximate surface area is 150 Å². The van der Waals surface area contributed by atoms with Crippen molar-refractivity contribution in [3.8, 4) is 0 Å². The smallest absolute Gasteiger partial charge is 0.338 e. The molecular formula is C18H20N4O4. The molecule has 136 valence electrons. The summed E-state index contributed by atoms with van der Waals surface area (Å²) < 4.78 is 4.97. The van der Waals surface area contributed by atoms with E-state index in [2.05, 4.69) is 10.6 Å². The number of carbonyl (C=O) groups is 3. The van der Waals surface area contributed by atoms with Crippen LogP contribution in [0.15, 0.2) is 48.5 Å². The van der Waals surface area contributed by atoms with Crippen LogP contribution < -0.4 is 21.3 Å². The molecule has 0 aromatic heterocycles. The van der Waals surface area contributed by atoms with E-state index < -0.39 is 24.5 Å². The van der Waals surface area contributed by atoms with Crippen molar-refractivity contribution in [1.82, 2.24) is 0 Å². The Morgan fingerprint density at radius 3 is 2.00 bits per heavy atom. The molecule has 8 nitrogen and oxygen atoms in total. The van der Waals surface area contributed by atoms with Gasteiger partial charge >= 0.3 is 12.0 Å². The van der Waals surface area contributed by atoms with Crippen LogP contribution in [0.5, 0.6) is 0 Å². The monoisotopic (exact) mass is 356 g/mol. The van der Waals surface area contributed by atoms with E-state index >= 15 is 0 Å². The van der Waals surface area contributed by atoms with E-state index in [1.165, 1.54) is 24.3 Å².